The van der Waals surface area contributed by atoms with Gasteiger partial charge in [0.2, 0.25) is 0 Å². The van der Waals surface area contributed by atoms with Crippen LogP contribution in [-0.2, 0) is 0 Å². The normalized spacial score (nSPS) is 10.8. The van der Waals surface area contributed by atoms with Gasteiger partial charge in [0.15, 0.2) is 17.5 Å². The summed E-state index contributed by atoms with van der Waals surface area (Å²) in [6.07, 6.45) is 0. The van der Waals surface area contributed by atoms with Crippen LogP contribution in [-0.4, -0.2) is 15.0 Å². The van der Waals surface area contributed by atoms with Gasteiger partial charge in [-0.05, 0) is 68.4 Å². The largest absolute Gasteiger partial charge is 0.208 e. The fraction of sp³-hybridized carbons (Fsp3) is 0. The Morgan fingerprint density at radius 1 is 0.340 bits per heavy atom. The van der Waals surface area contributed by atoms with Crippen molar-refractivity contribution in [2.45, 2.75) is 0 Å². The summed E-state index contributed by atoms with van der Waals surface area (Å²) in [6.45, 7) is 0. The highest BCUT2D eigenvalue weighted by atomic mass is 15.0. The second kappa shape index (κ2) is 13.1. The molecule has 1 aromatic heterocycles. The average Bonchev–Trinajstić information content (AvgIpc) is 3.20. The Bertz CT molecular complexity index is 2540. The number of benzene rings is 7. The fourth-order valence-corrected chi connectivity index (χ4v) is 6.37. The Morgan fingerprint density at radius 2 is 0.780 bits per heavy atom. The highest BCUT2D eigenvalue weighted by Gasteiger charge is 2.15. The minimum absolute atomic E-state index is 0.540. The van der Waals surface area contributed by atoms with Crippen molar-refractivity contribution in [2.24, 2.45) is 0 Å². The lowest BCUT2D eigenvalue weighted by Gasteiger charge is -2.14. The lowest BCUT2D eigenvalue weighted by molar-refractivity contribution is 1.07. The molecule has 8 aromatic rings. The first-order valence-corrected chi connectivity index (χ1v) is 16.2. The maximum Gasteiger partial charge on any atom is 0.164 e. The van der Waals surface area contributed by atoms with Gasteiger partial charge in [-0.1, -0.05) is 140 Å². The van der Waals surface area contributed by atoms with E-state index in [1.807, 2.05) is 103 Å². The van der Waals surface area contributed by atoms with E-state index in [1.165, 1.54) is 0 Å². The van der Waals surface area contributed by atoms with Crippen molar-refractivity contribution in [1.29, 1.82) is 10.5 Å². The standard InChI is InChI=1S/C45H27N5/c46-28-30-25-36(38-16-8-7-15-35(38)29-47)27-37(26-30)40-24-23-39(41-17-9-10-18-42(40)41)31-19-21-34(22-20-31)45-49-43(32-11-3-1-4-12-32)48-44(50-45)33-13-5-2-6-14-33/h1-27H. The highest BCUT2D eigenvalue weighted by molar-refractivity contribution is 6.05. The SMILES string of the molecule is N#Cc1cc(-c2ccccc2C#N)cc(-c2ccc(-c3ccc(-c4nc(-c5ccccc5)nc(-c5ccccc5)n4)cc3)c3ccccc23)c1. The lowest BCUT2D eigenvalue weighted by Crippen LogP contribution is -2.00. The number of aromatic nitrogens is 3. The van der Waals surface area contributed by atoms with Crippen LogP contribution in [0.4, 0.5) is 0 Å². The summed E-state index contributed by atoms with van der Waals surface area (Å²) in [7, 11) is 0. The van der Waals surface area contributed by atoms with E-state index in [-0.39, 0.29) is 0 Å². The van der Waals surface area contributed by atoms with E-state index in [0.717, 1.165) is 60.8 Å². The first kappa shape index (κ1) is 30.1. The second-order valence-electron chi connectivity index (χ2n) is 11.9. The van der Waals surface area contributed by atoms with Crippen LogP contribution in [0.5, 0.6) is 0 Å². The molecule has 0 bridgehead atoms. The zero-order valence-electron chi connectivity index (χ0n) is 26.8. The molecular weight excluding hydrogens is 611 g/mol. The van der Waals surface area contributed by atoms with Gasteiger partial charge >= 0.3 is 0 Å². The fourth-order valence-electron chi connectivity index (χ4n) is 6.37. The smallest absolute Gasteiger partial charge is 0.164 e. The lowest BCUT2D eigenvalue weighted by atomic mass is 9.89. The molecule has 7 aromatic carbocycles. The van der Waals surface area contributed by atoms with Gasteiger partial charge < -0.3 is 0 Å². The van der Waals surface area contributed by atoms with Gasteiger partial charge in [0.1, 0.15) is 0 Å². The molecule has 0 atom stereocenters. The van der Waals surface area contributed by atoms with Crippen LogP contribution in [0.1, 0.15) is 11.1 Å². The molecule has 8 rings (SSSR count). The van der Waals surface area contributed by atoms with Gasteiger partial charge in [-0.25, -0.2) is 15.0 Å². The predicted octanol–water partition coefficient (Wildman–Crippen LogP) is 10.8. The third-order valence-electron chi connectivity index (χ3n) is 8.81. The molecule has 5 nitrogen and oxygen atoms in total. The van der Waals surface area contributed by atoms with Crippen LogP contribution in [0.15, 0.2) is 164 Å². The molecule has 0 aliphatic carbocycles. The Kier molecular flexibility index (Phi) is 7.91. The molecule has 0 spiro atoms. The second-order valence-corrected chi connectivity index (χ2v) is 11.9. The van der Waals surface area contributed by atoms with E-state index in [0.29, 0.717) is 28.6 Å². The van der Waals surface area contributed by atoms with Gasteiger partial charge in [0.25, 0.3) is 0 Å². The molecule has 1 heterocycles. The first-order chi connectivity index (χ1) is 24.7. The van der Waals surface area contributed by atoms with Crippen molar-refractivity contribution < 1.29 is 0 Å². The molecule has 0 fully saturated rings. The monoisotopic (exact) mass is 637 g/mol. The number of hydrogen-bond donors (Lipinski definition) is 0. The van der Waals surface area contributed by atoms with Crippen molar-refractivity contribution in [3.8, 4) is 79.7 Å². The molecule has 0 amide bonds. The van der Waals surface area contributed by atoms with Gasteiger partial charge in [-0.15, -0.1) is 0 Å². The van der Waals surface area contributed by atoms with Crippen molar-refractivity contribution in [2.75, 3.05) is 0 Å². The molecule has 0 saturated carbocycles. The summed E-state index contributed by atoms with van der Waals surface area (Å²) in [4.78, 5) is 14.6. The molecule has 0 aliphatic rings. The molecule has 0 N–H and O–H groups in total. The third-order valence-corrected chi connectivity index (χ3v) is 8.81. The molecule has 0 unspecified atom stereocenters. The molecule has 0 aliphatic heterocycles. The summed E-state index contributed by atoms with van der Waals surface area (Å²) in [5.41, 5.74) is 9.59. The van der Waals surface area contributed by atoms with Crippen molar-refractivity contribution >= 4 is 10.8 Å². The number of nitriles is 2. The Balaban J connectivity index is 1.20. The van der Waals surface area contributed by atoms with Gasteiger partial charge in [0, 0.05) is 16.7 Å². The number of rotatable bonds is 6. The van der Waals surface area contributed by atoms with Crippen LogP contribution in [0, 0.1) is 22.7 Å². The van der Waals surface area contributed by atoms with Crippen LogP contribution < -0.4 is 0 Å². The highest BCUT2D eigenvalue weighted by Crippen LogP contribution is 2.38. The maximum absolute atomic E-state index is 9.94. The maximum atomic E-state index is 9.94. The number of fused-ring (bicyclic) bond motifs is 1. The number of nitrogens with zero attached hydrogens (tertiary/aromatic N) is 5. The zero-order valence-corrected chi connectivity index (χ0v) is 26.8. The van der Waals surface area contributed by atoms with E-state index in [1.54, 1.807) is 6.07 Å². The van der Waals surface area contributed by atoms with Crippen LogP contribution >= 0.6 is 0 Å². The topological polar surface area (TPSA) is 86.2 Å². The summed E-state index contributed by atoms with van der Waals surface area (Å²) in [6, 6.07) is 58.8. The van der Waals surface area contributed by atoms with E-state index in [2.05, 4.69) is 66.7 Å². The minimum Gasteiger partial charge on any atom is -0.208 e. The predicted molar refractivity (Wildman–Crippen MR) is 199 cm³/mol. The number of hydrogen-bond acceptors (Lipinski definition) is 5. The Labute approximate surface area is 290 Å². The van der Waals surface area contributed by atoms with Crippen molar-refractivity contribution in [3.63, 3.8) is 0 Å². The van der Waals surface area contributed by atoms with Crippen LogP contribution in [0.3, 0.4) is 0 Å². The van der Waals surface area contributed by atoms with E-state index >= 15 is 0 Å². The van der Waals surface area contributed by atoms with Gasteiger partial charge in [0.05, 0.1) is 23.3 Å². The Hall–Kier alpha value is -7.21. The van der Waals surface area contributed by atoms with Crippen LogP contribution in [0.25, 0.3) is 78.3 Å². The molecule has 0 radical (unpaired) electrons. The molecule has 232 valence electrons. The van der Waals surface area contributed by atoms with Crippen molar-refractivity contribution in [1.82, 2.24) is 15.0 Å². The summed E-state index contributed by atoms with van der Waals surface area (Å²) in [5, 5.41) is 21.9. The molecule has 50 heavy (non-hydrogen) atoms. The quantitative estimate of drug-likeness (QED) is 0.181. The van der Waals surface area contributed by atoms with E-state index in [4.69, 9.17) is 15.0 Å². The van der Waals surface area contributed by atoms with Crippen LogP contribution in [0.2, 0.25) is 0 Å². The first-order valence-electron chi connectivity index (χ1n) is 16.2. The van der Waals surface area contributed by atoms with E-state index in [9.17, 15) is 10.5 Å². The summed E-state index contributed by atoms with van der Waals surface area (Å²) < 4.78 is 0. The third kappa shape index (κ3) is 5.77. The van der Waals surface area contributed by atoms with Gasteiger partial charge in [-0.3, -0.25) is 0 Å². The Morgan fingerprint density at radius 3 is 1.32 bits per heavy atom. The molecular formula is C45H27N5. The molecule has 0 saturated heterocycles. The van der Waals surface area contributed by atoms with Crippen molar-refractivity contribution in [3.05, 3.63) is 175 Å². The van der Waals surface area contributed by atoms with E-state index < -0.39 is 0 Å². The molecule has 5 heteroatoms. The van der Waals surface area contributed by atoms with Gasteiger partial charge in [-0.2, -0.15) is 10.5 Å². The zero-order chi connectivity index (χ0) is 33.9. The summed E-state index contributed by atoms with van der Waals surface area (Å²) >= 11 is 0. The minimum atomic E-state index is 0.540. The average molecular weight is 638 g/mol. The summed E-state index contributed by atoms with van der Waals surface area (Å²) in [5.74, 6) is 1.86.